The lowest BCUT2D eigenvalue weighted by Gasteiger charge is -2.08. The van der Waals surface area contributed by atoms with Gasteiger partial charge in [-0.3, -0.25) is 14.3 Å². The average molecular weight is 316 g/mol. The molecule has 0 aliphatic carbocycles. The first kappa shape index (κ1) is 16.8. The summed E-state index contributed by atoms with van der Waals surface area (Å²) in [6, 6.07) is 5.90. The van der Waals surface area contributed by atoms with Gasteiger partial charge in [-0.25, -0.2) is 8.42 Å². The van der Waals surface area contributed by atoms with E-state index in [1.54, 1.807) is 0 Å². The lowest BCUT2D eigenvalue weighted by molar-refractivity contribution is -0.137. The number of nitrogens with one attached hydrogen (secondary N) is 1. The Balaban J connectivity index is 2.54. The molecule has 9 heteroatoms. The molecular formula is C12H16N2O6S. The Morgan fingerprint density at radius 2 is 1.86 bits per heavy atom. The fourth-order valence-corrected chi connectivity index (χ4v) is 2.54. The van der Waals surface area contributed by atoms with E-state index in [-0.39, 0.29) is 25.2 Å². The first-order valence-electron chi connectivity index (χ1n) is 6.02. The van der Waals surface area contributed by atoms with E-state index in [1.165, 1.54) is 24.3 Å². The maximum absolute atomic E-state index is 11.7. The number of nitrogens with two attached hydrogens (primary N) is 1. The van der Waals surface area contributed by atoms with E-state index in [2.05, 4.69) is 4.72 Å². The van der Waals surface area contributed by atoms with Crippen LogP contribution >= 0.6 is 0 Å². The highest BCUT2D eigenvalue weighted by Crippen LogP contribution is 2.17. The predicted molar refractivity (Wildman–Crippen MR) is 75.4 cm³/mol. The van der Waals surface area contributed by atoms with Gasteiger partial charge in [-0.2, -0.15) is 0 Å². The van der Waals surface area contributed by atoms with Gasteiger partial charge in [0, 0.05) is 12.1 Å². The van der Waals surface area contributed by atoms with Gasteiger partial charge in [0.15, 0.2) is 6.61 Å². The third-order valence-electron chi connectivity index (χ3n) is 2.31. The molecule has 0 heterocycles. The third kappa shape index (κ3) is 7.16. The molecule has 0 aliphatic heterocycles. The van der Waals surface area contributed by atoms with Gasteiger partial charge >= 0.3 is 5.97 Å². The van der Waals surface area contributed by atoms with Crippen molar-refractivity contribution in [2.24, 2.45) is 5.73 Å². The summed E-state index contributed by atoms with van der Waals surface area (Å²) in [5.74, 6) is -1.55. The van der Waals surface area contributed by atoms with Crippen molar-refractivity contribution in [2.75, 3.05) is 17.1 Å². The van der Waals surface area contributed by atoms with Gasteiger partial charge < -0.3 is 15.6 Å². The summed E-state index contributed by atoms with van der Waals surface area (Å²) < 4.78 is 30.7. The van der Waals surface area contributed by atoms with Gasteiger partial charge in [-0.05, 0) is 30.7 Å². The van der Waals surface area contributed by atoms with Crippen LogP contribution in [0.1, 0.15) is 12.8 Å². The number of amides is 1. The van der Waals surface area contributed by atoms with Gasteiger partial charge in [0.25, 0.3) is 5.91 Å². The molecule has 1 aromatic carbocycles. The Hall–Kier alpha value is -2.29. The third-order valence-corrected chi connectivity index (χ3v) is 3.69. The van der Waals surface area contributed by atoms with E-state index in [4.69, 9.17) is 15.6 Å². The highest BCUT2D eigenvalue weighted by molar-refractivity contribution is 7.92. The maximum atomic E-state index is 11.7. The lowest BCUT2D eigenvalue weighted by atomic mass is 10.3. The summed E-state index contributed by atoms with van der Waals surface area (Å²) in [5.41, 5.74) is 5.24. The van der Waals surface area contributed by atoms with E-state index in [0.29, 0.717) is 11.4 Å². The van der Waals surface area contributed by atoms with Crippen LogP contribution in [0, 0.1) is 0 Å². The molecule has 0 unspecified atom stereocenters. The molecular weight excluding hydrogens is 300 g/mol. The van der Waals surface area contributed by atoms with Crippen molar-refractivity contribution >= 4 is 27.6 Å². The summed E-state index contributed by atoms with van der Waals surface area (Å²) in [7, 11) is -3.60. The second kappa shape index (κ2) is 7.48. The summed E-state index contributed by atoms with van der Waals surface area (Å²) in [5, 5.41) is 8.46. The number of carbonyl (C=O) groups is 2. The van der Waals surface area contributed by atoms with Gasteiger partial charge in [0.2, 0.25) is 10.0 Å². The zero-order valence-electron chi connectivity index (χ0n) is 11.1. The lowest BCUT2D eigenvalue weighted by Crippen LogP contribution is -2.20. The minimum Gasteiger partial charge on any atom is -0.484 e. The first-order valence-corrected chi connectivity index (χ1v) is 7.67. The molecule has 1 rings (SSSR count). The topological polar surface area (TPSA) is 136 Å². The Kier molecular flexibility index (Phi) is 5.97. The number of hydrogen-bond acceptors (Lipinski definition) is 5. The monoisotopic (exact) mass is 316 g/mol. The van der Waals surface area contributed by atoms with Crippen LogP contribution in [-0.2, 0) is 19.6 Å². The van der Waals surface area contributed by atoms with E-state index < -0.39 is 21.9 Å². The highest BCUT2D eigenvalue weighted by Gasteiger charge is 2.11. The number of carboxylic acid groups (broad SMARTS) is 1. The number of primary amides is 1. The normalized spacial score (nSPS) is 10.9. The van der Waals surface area contributed by atoms with Crippen LogP contribution in [-0.4, -0.2) is 37.8 Å². The van der Waals surface area contributed by atoms with Crippen LogP contribution in [0.25, 0.3) is 0 Å². The van der Waals surface area contributed by atoms with E-state index >= 15 is 0 Å². The summed E-state index contributed by atoms with van der Waals surface area (Å²) >= 11 is 0. The number of hydrogen-bond donors (Lipinski definition) is 3. The molecule has 1 aromatic rings. The molecule has 0 aromatic heterocycles. The number of rotatable bonds is 9. The van der Waals surface area contributed by atoms with Crippen molar-refractivity contribution in [3.05, 3.63) is 24.3 Å². The van der Waals surface area contributed by atoms with Gasteiger partial charge in [-0.1, -0.05) is 0 Å². The molecule has 0 saturated carbocycles. The van der Waals surface area contributed by atoms with E-state index in [9.17, 15) is 18.0 Å². The van der Waals surface area contributed by atoms with Crippen molar-refractivity contribution in [3.63, 3.8) is 0 Å². The van der Waals surface area contributed by atoms with Crippen molar-refractivity contribution < 1.29 is 27.9 Å². The smallest absolute Gasteiger partial charge is 0.303 e. The van der Waals surface area contributed by atoms with Crippen LogP contribution in [0.2, 0.25) is 0 Å². The summed E-state index contributed by atoms with van der Waals surface area (Å²) in [6.07, 6.45) is -0.175. The van der Waals surface area contributed by atoms with Crippen LogP contribution in [0.5, 0.6) is 5.75 Å². The zero-order valence-corrected chi connectivity index (χ0v) is 11.9. The average Bonchev–Trinajstić information content (AvgIpc) is 2.36. The summed E-state index contributed by atoms with van der Waals surface area (Å²) in [4.78, 5) is 20.9. The SMILES string of the molecule is NC(=O)COc1ccc(NS(=O)(=O)CCCC(=O)O)cc1. The second-order valence-corrected chi connectivity index (χ2v) is 6.04. The largest absolute Gasteiger partial charge is 0.484 e. The molecule has 0 bridgehead atoms. The maximum Gasteiger partial charge on any atom is 0.303 e. The molecule has 116 valence electrons. The number of anilines is 1. The Labute approximate surface area is 122 Å². The highest BCUT2D eigenvalue weighted by atomic mass is 32.2. The minimum atomic E-state index is -3.60. The van der Waals surface area contributed by atoms with Crippen molar-refractivity contribution in [2.45, 2.75) is 12.8 Å². The summed E-state index contributed by atoms with van der Waals surface area (Å²) in [6.45, 7) is -0.264. The Morgan fingerprint density at radius 1 is 1.24 bits per heavy atom. The van der Waals surface area contributed by atoms with E-state index in [0.717, 1.165) is 0 Å². The van der Waals surface area contributed by atoms with Crippen LogP contribution in [0.3, 0.4) is 0 Å². The van der Waals surface area contributed by atoms with Gasteiger partial charge in [-0.15, -0.1) is 0 Å². The number of benzene rings is 1. The second-order valence-electron chi connectivity index (χ2n) is 4.20. The molecule has 0 saturated heterocycles. The van der Waals surface area contributed by atoms with Crippen LogP contribution in [0.15, 0.2) is 24.3 Å². The Bertz CT molecular complexity index is 597. The Morgan fingerprint density at radius 3 is 2.38 bits per heavy atom. The fraction of sp³-hybridized carbons (Fsp3) is 0.333. The molecule has 8 nitrogen and oxygen atoms in total. The minimum absolute atomic E-state index is 0.0322. The first-order chi connectivity index (χ1) is 9.78. The molecule has 0 atom stereocenters. The number of ether oxygens (including phenoxy) is 1. The number of carbonyl (C=O) groups excluding carboxylic acids is 1. The number of sulfonamides is 1. The number of aliphatic carboxylic acids is 1. The van der Waals surface area contributed by atoms with Crippen molar-refractivity contribution in [3.8, 4) is 5.75 Å². The molecule has 0 fully saturated rings. The van der Waals surface area contributed by atoms with Crippen LogP contribution in [0.4, 0.5) is 5.69 Å². The fourth-order valence-electron chi connectivity index (χ4n) is 1.42. The van der Waals surface area contributed by atoms with Gasteiger partial charge in [0.1, 0.15) is 5.75 Å². The van der Waals surface area contributed by atoms with Gasteiger partial charge in [0.05, 0.1) is 5.75 Å². The van der Waals surface area contributed by atoms with Crippen LogP contribution < -0.4 is 15.2 Å². The molecule has 1 amide bonds. The molecule has 4 N–H and O–H groups in total. The molecule has 21 heavy (non-hydrogen) atoms. The molecule has 0 spiro atoms. The molecule has 0 aliphatic rings. The quantitative estimate of drug-likeness (QED) is 0.593. The predicted octanol–water partition coefficient (Wildman–Crippen LogP) is 0.157. The van der Waals surface area contributed by atoms with Crippen molar-refractivity contribution in [1.82, 2.24) is 0 Å². The standard InChI is InChI=1S/C12H16N2O6S/c13-11(15)8-20-10-5-3-9(4-6-10)14-21(18,19)7-1-2-12(16)17/h3-6,14H,1-2,7-8H2,(H2,13,15)(H,16,17). The zero-order chi connectivity index (χ0) is 15.9. The number of carboxylic acids is 1. The van der Waals surface area contributed by atoms with Crippen molar-refractivity contribution in [1.29, 1.82) is 0 Å². The molecule has 0 radical (unpaired) electrons. The van der Waals surface area contributed by atoms with E-state index in [1.807, 2.05) is 0 Å².